The third-order valence-corrected chi connectivity index (χ3v) is 4.81. The number of rotatable bonds is 3. The van der Waals surface area contributed by atoms with Gasteiger partial charge < -0.3 is 4.74 Å². The van der Waals surface area contributed by atoms with Crippen molar-refractivity contribution < 1.29 is 4.74 Å². The van der Waals surface area contributed by atoms with Gasteiger partial charge in [0.1, 0.15) is 5.75 Å². The minimum atomic E-state index is -0.167. The zero-order valence-electron chi connectivity index (χ0n) is 14.8. The fraction of sp³-hybridized carbons (Fsp3) is 0.222. The molecule has 0 saturated heterocycles. The third kappa shape index (κ3) is 2.45. The molecule has 4 rings (SSSR count). The highest BCUT2D eigenvalue weighted by Crippen LogP contribution is 2.24. The normalized spacial score (nSPS) is 11.4. The first-order valence-corrected chi connectivity index (χ1v) is 9.23. The number of pyridine rings is 1. The molecule has 7 nitrogen and oxygen atoms in total. The summed E-state index contributed by atoms with van der Waals surface area (Å²) in [6.07, 6.45) is 3.64. The van der Waals surface area contributed by atoms with Crippen LogP contribution in [0, 0.1) is 13.8 Å². The number of benzene rings is 1. The van der Waals surface area contributed by atoms with Crippen LogP contribution in [-0.2, 0) is 0 Å². The van der Waals surface area contributed by atoms with Gasteiger partial charge in [0.15, 0.2) is 0 Å². The fourth-order valence-corrected chi connectivity index (χ4v) is 3.37. The number of nitrogens with zero attached hydrogens (tertiary/aromatic N) is 5. The first kappa shape index (κ1) is 16.6. The summed E-state index contributed by atoms with van der Waals surface area (Å²) >= 11 is 1.44. The smallest absolute Gasteiger partial charge is 0.266 e. The Balaban J connectivity index is 2.08. The summed E-state index contributed by atoms with van der Waals surface area (Å²) in [6, 6.07) is 7.59. The largest absolute Gasteiger partial charge is 0.495 e. The van der Waals surface area contributed by atoms with Crippen LogP contribution < -0.4 is 10.3 Å². The van der Waals surface area contributed by atoms with E-state index in [0.717, 1.165) is 5.56 Å². The molecule has 0 radical (unpaired) electrons. The summed E-state index contributed by atoms with van der Waals surface area (Å²) in [5.74, 6) is 1.12. The average Bonchev–Trinajstić information content (AvgIpc) is 3.05. The van der Waals surface area contributed by atoms with Crippen molar-refractivity contribution in [3.63, 3.8) is 0 Å². The lowest BCUT2D eigenvalue weighted by Gasteiger charge is -2.13. The minimum absolute atomic E-state index is 0.167. The number of aromatic nitrogens is 5. The Morgan fingerprint density at radius 1 is 1.15 bits per heavy atom. The molecule has 0 bridgehead atoms. The molecule has 26 heavy (non-hydrogen) atoms. The second-order valence-electron chi connectivity index (χ2n) is 5.93. The van der Waals surface area contributed by atoms with Gasteiger partial charge >= 0.3 is 0 Å². The van der Waals surface area contributed by atoms with Crippen LogP contribution in [0.15, 0.2) is 40.4 Å². The lowest BCUT2D eigenvalue weighted by Crippen LogP contribution is -2.20. The van der Waals surface area contributed by atoms with Gasteiger partial charge in [0.2, 0.25) is 5.16 Å². The molecule has 0 fully saturated rings. The molecule has 3 heterocycles. The Kier molecular flexibility index (Phi) is 3.91. The number of hydrogen-bond acceptors (Lipinski definition) is 6. The molecule has 0 aliphatic carbocycles. The summed E-state index contributed by atoms with van der Waals surface area (Å²) in [7, 11) is 1.59. The number of aryl methyl sites for hydroxylation is 2. The summed E-state index contributed by atoms with van der Waals surface area (Å²) in [6.45, 7) is 3.79. The lowest BCUT2D eigenvalue weighted by atomic mass is 10.2. The van der Waals surface area contributed by atoms with Gasteiger partial charge in [-0.2, -0.15) is 9.50 Å². The van der Waals surface area contributed by atoms with E-state index in [-0.39, 0.29) is 5.56 Å². The predicted molar refractivity (Wildman–Crippen MR) is 102 cm³/mol. The summed E-state index contributed by atoms with van der Waals surface area (Å²) < 4.78 is 8.64. The molecule has 0 unspecified atom stereocenters. The first-order valence-electron chi connectivity index (χ1n) is 8.01. The van der Waals surface area contributed by atoms with Crippen molar-refractivity contribution in [1.29, 1.82) is 0 Å². The SMILES string of the molecule is COc1ccc(C)cc1-n1ccc2c(c(C)nc3nc(SC)nn32)c1=O. The minimum Gasteiger partial charge on any atom is -0.495 e. The highest BCUT2D eigenvalue weighted by atomic mass is 32.2. The van der Waals surface area contributed by atoms with E-state index in [4.69, 9.17) is 4.74 Å². The van der Waals surface area contributed by atoms with Gasteiger partial charge in [-0.05, 0) is 43.9 Å². The maximum Gasteiger partial charge on any atom is 0.266 e. The van der Waals surface area contributed by atoms with Crippen LogP contribution in [0.2, 0.25) is 0 Å². The average molecular weight is 367 g/mol. The van der Waals surface area contributed by atoms with Crippen LogP contribution in [-0.4, -0.2) is 37.5 Å². The molecule has 3 aromatic heterocycles. The Hall–Kier alpha value is -2.87. The maximum atomic E-state index is 13.2. The van der Waals surface area contributed by atoms with Crippen molar-refractivity contribution in [1.82, 2.24) is 24.1 Å². The van der Waals surface area contributed by atoms with E-state index in [2.05, 4.69) is 15.1 Å². The van der Waals surface area contributed by atoms with Gasteiger partial charge in [-0.25, -0.2) is 4.98 Å². The quantitative estimate of drug-likeness (QED) is 0.519. The molecule has 0 spiro atoms. The summed E-state index contributed by atoms with van der Waals surface area (Å²) in [5.41, 5.74) is 2.88. The molecular formula is C18H17N5O2S. The summed E-state index contributed by atoms with van der Waals surface area (Å²) in [4.78, 5) is 22.1. The van der Waals surface area contributed by atoms with Gasteiger partial charge in [0.25, 0.3) is 11.3 Å². The lowest BCUT2D eigenvalue weighted by molar-refractivity contribution is 0.412. The highest BCUT2D eigenvalue weighted by molar-refractivity contribution is 7.98. The highest BCUT2D eigenvalue weighted by Gasteiger charge is 2.16. The Bertz CT molecular complexity index is 1210. The van der Waals surface area contributed by atoms with Crippen LogP contribution >= 0.6 is 11.8 Å². The molecule has 0 amide bonds. The molecular weight excluding hydrogens is 350 g/mol. The topological polar surface area (TPSA) is 74.3 Å². The number of hydrogen-bond donors (Lipinski definition) is 0. The zero-order valence-corrected chi connectivity index (χ0v) is 15.7. The first-order chi connectivity index (χ1) is 12.5. The van der Waals surface area contributed by atoms with E-state index in [9.17, 15) is 4.79 Å². The number of thioether (sulfide) groups is 1. The van der Waals surface area contributed by atoms with Crippen LogP contribution in [0.1, 0.15) is 11.3 Å². The second kappa shape index (κ2) is 6.14. The van der Waals surface area contributed by atoms with Gasteiger partial charge in [0, 0.05) is 6.20 Å². The fourth-order valence-electron chi connectivity index (χ4n) is 3.03. The van der Waals surface area contributed by atoms with Gasteiger partial charge in [-0.3, -0.25) is 9.36 Å². The summed E-state index contributed by atoms with van der Waals surface area (Å²) in [5, 5.41) is 5.56. The van der Waals surface area contributed by atoms with Crippen LogP contribution in [0.3, 0.4) is 0 Å². The molecule has 0 atom stereocenters. The molecule has 132 valence electrons. The van der Waals surface area contributed by atoms with Crippen molar-refractivity contribution in [2.45, 2.75) is 19.0 Å². The molecule has 4 aromatic rings. The standard InChI is InChI=1S/C18H17N5O2S/c1-10-5-6-14(25-3)13(9-10)22-8-7-12-15(16(22)24)11(2)19-17-20-18(26-4)21-23(12)17/h5-9H,1-4H3. The maximum absolute atomic E-state index is 13.2. The Morgan fingerprint density at radius 2 is 1.96 bits per heavy atom. The van der Waals surface area contributed by atoms with E-state index < -0.39 is 0 Å². The van der Waals surface area contributed by atoms with Crippen LogP contribution in [0.5, 0.6) is 5.75 Å². The number of ether oxygens (including phenoxy) is 1. The molecule has 8 heteroatoms. The van der Waals surface area contributed by atoms with Crippen molar-refractivity contribution in [2.75, 3.05) is 13.4 Å². The zero-order chi connectivity index (χ0) is 18.4. The predicted octanol–water partition coefficient (Wildman–Crippen LogP) is 2.78. The molecule has 0 aliphatic rings. The van der Waals surface area contributed by atoms with E-state index in [1.165, 1.54) is 11.8 Å². The second-order valence-corrected chi connectivity index (χ2v) is 6.71. The van der Waals surface area contributed by atoms with Gasteiger partial charge in [0.05, 0.1) is 29.4 Å². The van der Waals surface area contributed by atoms with Gasteiger partial charge in [-0.1, -0.05) is 17.8 Å². The van der Waals surface area contributed by atoms with Crippen LogP contribution in [0.4, 0.5) is 0 Å². The number of methoxy groups -OCH3 is 1. The van der Waals surface area contributed by atoms with E-state index in [1.54, 1.807) is 22.4 Å². The van der Waals surface area contributed by atoms with Crippen molar-refractivity contribution in [3.8, 4) is 11.4 Å². The number of fused-ring (bicyclic) bond motifs is 3. The van der Waals surface area contributed by atoms with Crippen molar-refractivity contribution in [2.24, 2.45) is 0 Å². The Labute approximate surface area is 153 Å². The molecule has 0 N–H and O–H groups in total. The third-order valence-electron chi connectivity index (χ3n) is 4.28. The van der Waals surface area contributed by atoms with Crippen molar-refractivity contribution >= 4 is 28.4 Å². The van der Waals surface area contributed by atoms with E-state index >= 15 is 0 Å². The molecule has 0 saturated carbocycles. The van der Waals surface area contributed by atoms with E-state index in [1.807, 2.05) is 44.4 Å². The van der Waals surface area contributed by atoms with Gasteiger partial charge in [-0.15, -0.1) is 5.10 Å². The molecule has 1 aromatic carbocycles. The van der Waals surface area contributed by atoms with Crippen LogP contribution in [0.25, 0.3) is 22.4 Å². The monoisotopic (exact) mass is 367 g/mol. The molecule has 0 aliphatic heterocycles. The Morgan fingerprint density at radius 3 is 2.69 bits per heavy atom. The van der Waals surface area contributed by atoms with Crippen molar-refractivity contribution in [3.05, 3.63) is 52.1 Å². The van der Waals surface area contributed by atoms with E-state index in [0.29, 0.717) is 39.0 Å².